The number of nitrogens with zero attached hydrogens (tertiary/aromatic N) is 4. The monoisotopic (exact) mass is 544 g/mol. The molecule has 0 spiro atoms. The molecule has 4 N–H and O–H groups in total. The van der Waals surface area contributed by atoms with Crippen molar-refractivity contribution < 1.29 is 32.6 Å². The number of benzene rings is 1. The molecule has 3 aromatic rings. The Morgan fingerprint density at radius 1 is 1.26 bits per heavy atom. The Kier molecular flexibility index (Phi) is 5.93. The highest BCUT2D eigenvalue weighted by Crippen LogP contribution is 2.42. The number of nitrogens with one attached hydrogen (secondary N) is 1. The van der Waals surface area contributed by atoms with E-state index in [0.29, 0.717) is 30.7 Å². The second kappa shape index (κ2) is 9.11. The van der Waals surface area contributed by atoms with Gasteiger partial charge in [0.15, 0.2) is 11.5 Å². The summed E-state index contributed by atoms with van der Waals surface area (Å²) >= 11 is 0. The molecule has 0 unspecified atom stereocenters. The minimum absolute atomic E-state index is 0.0331. The van der Waals surface area contributed by atoms with Crippen molar-refractivity contribution in [3.05, 3.63) is 41.1 Å². The van der Waals surface area contributed by atoms with Gasteiger partial charge in [0.05, 0.1) is 17.4 Å². The molecule has 1 aliphatic heterocycles. The highest BCUT2D eigenvalue weighted by atomic mass is 19.4. The van der Waals surface area contributed by atoms with E-state index in [0.717, 1.165) is 18.9 Å². The molecule has 1 aromatic carbocycles. The van der Waals surface area contributed by atoms with Crippen LogP contribution in [0.25, 0.3) is 16.9 Å². The number of aromatic nitrogens is 3. The van der Waals surface area contributed by atoms with E-state index in [9.17, 15) is 27.9 Å². The number of fused-ring (bicyclic) bond motifs is 2. The molecule has 0 saturated heterocycles. The van der Waals surface area contributed by atoms with Crippen LogP contribution >= 0.6 is 0 Å². The molecule has 206 valence electrons. The molecular formula is C26H27F3N6O4. The Hall–Kier alpha value is -3.87. The summed E-state index contributed by atoms with van der Waals surface area (Å²) in [5.41, 5.74) is 7.04. The summed E-state index contributed by atoms with van der Waals surface area (Å²) in [6.07, 6.45) is -0.386. The number of carbonyl (C=O) groups is 2. The fourth-order valence-corrected chi connectivity index (χ4v) is 5.63. The maximum atomic E-state index is 13.4. The van der Waals surface area contributed by atoms with Crippen LogP contribution in [0.1, 0.15) is 65.3 Å². The molecule has 3 heterocycles. The second-order valence-corrected chi connectivity index (χ2v) is 10.5. The predicted molar refractivity (Wildman–Crippen MR) is 133 cm³/mol. The third-order valence-corrected chi connectivity index (χ3v) is 7.80. The minimum atomic E-state index is -5.00. The van der Waals surface area contributed by atoms with Crippen LogP contribution in [0.15, 0.2) is 24.4 Å². The Bertz CT molecular complexity index is 1480. The number of anilines is 1. The van der Waals surface area contributed by atoms with E-state index in [2.05, 4.69) is 20.1 Å². The minimum Gasteiger partial charge on any atom is -0.405 e. The Morgan fingerprint density at radius 3 is 2.69 bits per heavy atom. The molecule has 13 heteroatoms. The summed E-state index contributed by atoms with van der Waals surface area (Å²) < 4.78 is 45.7. The summed E-state index contributed by atoms with van der Waals surface area (Å²) in [5.74, 6) is -1.29. The number of amides is 2. The smallest absolute Gasteiger partial charge is 0.405 e. The molecule has 2 amide bonds. The van der Waals surface area contributed by atoms with Gasteiger partial charge in [0, 0.05) is 30.4 Å². The van der Waals surface area contributed by atoms with Crippen LogP contribution in [0.5, 0.6) is 5.75 Å². The summed E-state index contributed by atoms with van der Waals surface area (Å²) in [6.45, 7) is 2.07. The summed E-state index contributed by atoms with van der Waals surface area (Å²) in [5, 5.41) is 16.8. The number of ether oxygens (including phenoxy) is 1. The molecule has 6 rings (SSSR count). The number of nitrogens with two attached hydrogens (primary N) is 1. The molecule has 2 saturated carbocycles. The number of halogens is 3. The van der Waals surface area contributed by atoms with E-state index in [-0.39, 0.29) is 52.5 Å². The Morgan fingerprint density at radius 2 is 2.03 bits per heavy atom. The summed E-state index contributed by atoms with van der Waals surface area (Å²) in [7, 11) is 0. The standard InChI is InChI=1S/C26H27F3N6O4/c1-12(13-2-3-13)34-11-15-8-14(9-19(20(15)25(34)38)39-26(27,28)29)18-6-7-35-23(32-18)21(22(30)33-35)24(37)31-16-4-5-17(36)10-16/h6-9,12-13,16-17,36H,2-5,10-11H2,1H3,(H2,30,33)(H,31,37)/t12-,16+,17+/m0/s1. The largest absolute Gasteiger partial charge is 0.573 e. The average molecular weight is 545 g/mol. The van der Waals surface area contributed by atoms with Crippen molar-refractivity contribution >= 4 is 23.3 Å². The zero-order valence-corrected chi connectivity index (χ0v) is 21.0. The number of aliphatic hydroxyl groups is 1. The first kappa shape index (κ1) is 25.4. The average Bonchev–Trinajstić information content (AvgIpc) is 3.43. The summed E-state index contributed by atoms with van der Waals surface area (Å²) in [6, 6.07) is 4.00. The highest BCUT2D eigenvalue weighted by Gasteiger charge is 2.42. The Labute approximate surface area is 220 Å². The van der Waals surface area contributed by atoms with E-state index >= 15 is 0 Å². The van der Waals surface area contributed by atoms with Crippen molar-refractivity contribution in [1.29, 1.82) is 0 Å². The van der Waals surface area contributed by atoms with Gasteiger partial charge in [-0.25, -0.2) is 9.50 Å². The molecule has 39 heavy (non-hydrogen) atoms. The zero-order valence-electron chi connectivity index (χ0n) is 21.0. The van der Waals surface area contributed by atoms with Gasteiger partial charge in [0.2, 0.25) is 0 Å². The molecule has 0 radical (unpaired) electrons. The van der Waals surface area contributed by atoms with E-state index in [1.807, 2.05) is 6.92 Å². The van der Waals surface area contributed by atoms with Crippen LogP contribution in [0, 0.1) is 5.92 Å². The van der Waals surface area contributed by atoms with Crippen molar-refractivity contribution in [3.63, 3.8) is 0 Å². The second-order valence-electron chi connectivity index (χ2n) is 10.5. The van der Waals surface area contributed by atoms with E-state index < -0.39 is 30.0 Å². The van der Waals surface area contributed by atoms with Gasteiger partial charge in [0.1, 0.15) is 11.3 Å². The van der Waals surface area contributed by atoms with E-state index in [1.54, 1.807) is 11.0 Å². The van der Waals surface area contributed by atoms with Crippen molar-refractivity contribution in [2.45, 2.75) is 70.1 Å². The fraction of sp³-hybridized carbons (Fsp3) is 0.462. The van der Waals surface area contributed by atoms with Gasteiger partial charge in [-0.3, -0.25) is 9.59 Å². The number of hydrogen-bond donors (Lipinski definition) is 3. The topological polar surface area (TPSA) is 135 Å². The molecular weight excluding hydrogens is 517 g/mol. The normalized spacial score (nSPS) is 21.9. The first-order valence-corrected chi connectivity index (χ1v) is 12.9. The van der Waals surface area contributed by atoms with Crippen molar-refractivity contribution in [2.24, 2.45) is 5.92 Å². The number of aliphatic hydroxyl groups excluding tert-OH is 1. The number of carbonyl (C=O) groups excluding carboxylic acids is 2. The molecule has 2 aliphatic carbocycles. The van der Waals surface area contributed by atoms with Gasteiger partial charge in [-0.1, -0.05) is 0 Å². The van der Waals surface area contributed by atoms with Gasteiger partial charge < -0.3 is 25.8 Å². The fourth-order valence-electron chi connectivity index (χ4n) is 5.63. The van der Waals surface area contributed by atoms with Crippen molar-refractivity contribution in [3.8, 4) is 17.0 Å². The van der Waals surface area contributed by atoms with Crippen LogP contribution in [0.2, 0.25) is 0 Å². The first-order chi connectivity index (χ1) is 18.5. The Balaban J connectivity index is 1.39. The van der Waals surface area contributed by atoms with E-state index in [4.69, 9.17) is 5.73 Å². The maximum absolute atomic E-state index is 13.4. The van der Waals surface area contributed by atoms with Crippen LogP contribution in [0.4, 0.5) is 19.0 Å². The van der Waals surface area contributed by atoms with Gasteiger partial charge in [0.25, 0.3) is 11.8 Å². The van der Waals surface area contributed by atoms with Gasteiger partial charge >= 0.3 is 6.36 Å². The number of rotatable bonds is 6. The van der Waals surface area contributed by atoms with Gasteiger partial charge in [-0.2, -0.15) is 0 Å². The first-order valence-electron chi connectivity index (χ1n) is 12.9. The van der Waals surface area contributed by atoms with Crippen LogP contribution in [-0.2, 0) is 6.54 Å². The van der Waals surface area contributed by atoms with Crippen molar-refractivity contribution in [1.82, 2.24) is 24.8 Å². The molecule has 2 aromatic heterocycles. The quantitative estimate of drug-likeness (QED) is 0.434. The van der Waals surface area contributed by atoms with Gasteiger partial charge in [-0.15, -0.1) is 18.3 Å². The lowest BCUT2D eigenvalue weighted by molar-refractivity contribution is -0.274. The number of nitrogen functional groups attached to an aromatic ring is 1. The lowest BCUT2D eigenvalue weighted by atomic mass is 10.0. The molecule has 10 nitrogen and oxygen atoms in total. The van der Waals surface area contributed by atoms with Crippen molar-refractivity contribution in [2.75, 3.05) is 5.73 Å². The molecule has 2 fully saturated rings. The van der Waals surface area contributed by atoms with Crippen LogP contribution < -0.4 is 15.8 Å². The van der Waals surface area contributed by atoms with E-state index in [1.165, 1.54) is 16.8 Å². The maximum Gasteiger partial charge on any atom is 0.573 e. The third kappa shape index (κ3) is 4.75. The molecule has 3 atom stereocenters. The SMILES string of the molecule is C[C@@H](C1CC1)N1Cc2cc(-c3ccn4nc(N)c(C(=O)N[C@@H]5CC[C@@H](O)C5)c4n3)cc(OC(F)(F)F)c2C1=O. The summed E-state index contributed by atoms with van der Waals surface area (Å²) in [4.78, 5) is 32.3. The van der Waals surface area contributed by atoms with Gasteiger partial charge in [-0.05, 0) is 68.7 Å². The lowest BCUT2D eigenvalue weighted by Crippen LogP contribution is -2.34. The van der Waals surface area contributed by atoms with Crippen LogP contribution in [0.3, 0.4) is 0 Å². The molecule has 0 bridgehead atoms. The number of alkyl halides is 3. The number of hydrogen-bond acceptors (Lipinski definition) is 7. The molecule has 3 aliphatic rings. The van der Waals surface area contributed by atoms with Crippen LogP contribution in [-0.4, -0.2) is 61.0 Å². The zero-order chi connectivity index (χ0) is 27.6. The highest BCUT2D eigenvalue weighted by molar-refractivity contribution is 6.05. The lowest BCUT2D eigenvalue weighted by Gasteiger charge is -2.24. The third-order valence-electron chi connectivity index (χ3n) is 7.80. The predicted octanol–water partition coefficient (Wildman–Crippen LogP) is 3.27.